The maximum atomic E-state index is 11.9. The molecule has 1 aliphatic heterocycles. The Morgan fingerprint density at radius 1 is 1.59 bits per heavy atom. The van der Waals surface area contributed by atoms with Gasteiger partial charge < -0.3 is 9.64 Å². The Labute approximate surface area is 102 Å². The summed E-state index contributed by atoms with van der Waals surface area (Å²) < 4.78 is 5.44. The number of hydrogen-bond donors (Lipinski definition) is 0. The zero-order valence-electron chi connectivity index (χ0n) is 10.1. The van der Waals surface area contributed by atoms with Crippen molar-refractivity contribution in [3.63, 3.8) is 0 Å². The van der Waals surface area contributed by atoms with Gasteiger partial charge in [0, 0.05) is 30.6 Å². The second kappa shape index (κ2) is 5.04. The number of nitrogens with zero attached hydrogens (tertiary/aromatic N) is 1. The van der Waals surface area contributed by atoms with Crippen LogP contribution in [0, 0.1) is 5.92 Å². The zero-order chi connectivity index (χ0) is 12.3. The monoisotopic (exact) mass is 231 g/mol. The molecule has 3 nitrogen and oxygen atoms in total. The molecule has 90 valence electrons. The predicted molar refractivity (Wildman–Crippen MR) is 68.3 cm³/mol. The summed E-state index contributed by atoms with van der Waals surface area (Å²) in [5, 5.41) is 0. The normalized spacial score (nSPS) is 19.5. The van der Waals surface area contributed by atoms with Gasteiger partial charge in [-0.1, -0.05) is 12.1 Å². The highest BCUT2D eigenvalue weighted by Crippen LogP contribution is 2.28. The van der Waals surface area contributed by atoms with Gasteiger partial charge in [0.25, 0.3) is 0 Å². The summed E-state index contributed by atoms with van der Waals surface area (Å²) in [4.78, 5) is 13.7. The molecular weight excluding hydrogens is 214 g/mol. The van der Waals surface area contributed by atoms with Gasteiger partial charge in [0.05, 0.1) is 6.61 Å². The van der Waals surface area contributed by atoms with E-state index < -0.39 is 0 Å². The largest absolute Gasteiger partial charge is 0.494 e. The minimum Gasteiger partial charge on any atom is -0.494 e. The summed E-state index contributed by atoms with van der Waals surface area (Å²) in [5.74, 6) is 1.22. The van der Waals surface area contributed by atoms with Gasteiger partial charge in [0.1, 0.15) is 5.75 Å². The average molecular weight is 231 g/mol. The molecule has 0 saturated carbocycles. The molecule has 1 fully saturated rings. The number of anilines is 1. The van der Waals surface area contributed by atoms with Crippen LogP contribution in [0.15, 0.2) is 36.9 Å². The van der Waals surface area contributed by atoms with Gasteiger partial charge in [0.15, 0.2) is 0 Å². The molecule has 1 amide bonds. The number of amides is 1. The first-order valence-corrected chi connectivity index (χ1v) is 5.90. The highest BCUT2D eigenvalue weighted by Gasteiger charge is 2.28. The van der Waals surface area contributed by atoms with Crippen LogP contribution in [0.2, 0.25) is 0 Å². The van der Waals surface area contributed by atoms with Crippen LogP contribution >= 0.6 is 0 Å². The Morgan fingerprint density at radius 3 is 3.06 bits per heavy atom. The lowest BCUT2D eigenvalue weighted by molar-refractivity contribution is -0.117. The van der Waals surface area contributed by atoms with Gasteiger partial charge >= 0.3 is 0 Å². The lowest BCUT2D eigenvalue weighted by atomic mass is 10.1. The van der Waals surface area contributed by atoms with Gasteiger partial charge in [-0.2, -0.15) is 0 Å². The van der Waals surface area contributed by atoms with Gasteiger partial charge in [0.2, 0.25) is 5.91 Å². The number of rotatable bonds is 4. The molecule has 0 aromatic heterocycles. The molecule has 1 unspecified atom stereocenters. The molecule has 2 rings (SSSR count). The van der Waals surface area contributed by atoms with Crippen LogP contribution in [0.4, 0.5) is 5.69 Å². The standard InChI is InChI=1S/C14H17NO2/c1-3-11-8-14(16)15(10-11)12-6-5-7-13(9-12)17-4-2/h3,5-7,9,11H,1,4,8,10H2,2H3. The minimum absolute atomic E-state index is 0.156. The van der Waals surface area contributed by atoms with Crippen molar-refractivity contribution in [1.82, 2.24) is 0 Å². The van der Waals surface area contributed by atoms with Crippen molar-refractivity contribution >= 4 is 11.6 Å². The molecule has 0 spiro atoms. The van der Waals surface area contributed by atoms with E-state index in [4.69, 9.17) is 4.74 Å². The zero-order valence-corrected chi connectivity index (χ0v) is 10.1. The third kappa shape index (κ3) is 2.49. The predicted octanol–water partition coefficient (Wildman–Crippen LogP) is 2.62. The summed E-state index contributed by atoms with van der Waals surface area (Å²) in [5.41, 5.74) is 0.908. The first-order valence-electron chi connectivity index (χ1n) is 5.90. The molecule has 1 aliphatic rings. The molecule has 3 heteroatoms. The second-order valence-electron chi connectivity index (χ2n) is 4.13. The van der Waals surface area contributed by atoms with Crippen molar-refractivity contribution in [3.05, 3.63) is 36.9 Å². The Morgan fingerprint density at radius 2 is 2.41 bits per heavy atom. The molecule has 1 heterocycles. The van der Waals surface area contributed by atoms with Crippen LogP contribution in [-0.2, 0) is 4.79 Å². The van der Waals surface area contributed by atoms with Crippen LogP contribution < -0.4 is 9.64 Å². The van der Waals surface area contributed by atoms with E-state index >= 15 is 0 Å². The van der Waals surface area contributed by atoms with E-state index in [0.29, 0.717) is 13.0 Å². The van der Waals surface area contributed by atoms with Crippen LogP contribution in [0.25, 0.3) is 0 Å². The van der Waals surface area contributed by atoms with Gasteiger partial charge in [-0.25, -0.2) is 0 Å². The van der Waals surface area contributed by atoms with E-state index in [1.54, 1.807) is 4.90 Å². The quantitative estimate of drug-likeness (QED) is 0.745. The van der Waals surface area contributed by atoms with E-state index in [9.17, 15) is 4.79 Å². The lowest BCUT2D eigenvalue weighted by Crippen LogP contribution is -2.24. The number of hydrogen-bond acceptors (Lipinski definition) is 2. The molecule has 0 aliphatic carbocycles. The number of carbonyl (C=O) groups excluding carboxylic acids is 1. The Hall–Kier alpha value is -1.77. The topological polar surface area (TPSA) is 29.5 Å². The SMILES string of the molecule is C=CC1CC(=O)N(c2cccc(OCC)c2)C1. The summed E-state index contributed by atoms with van der Waals surface area (Å²) >= 11 is 0. The molecule has 1 aromatic rings. The fourth-order valence-corrected chi connectivity index (χ4v) is 2.05. The van der Waals surface area contributed by atoms with Crippen molar-refractivity contribution in [2.45, 2.75) is 13.3 Å². The summed E-state index contributed by atoms with van der Waals surface area (Å²) in [7, 11) is 0. The van der Waals surface area contributed by atoms with Crippen LogP contribution in [0.3, 0.4) is 0 Å². The molecule has 0 bridgehead atoms. The molecular formula is C14H17NO2. The fourth-order valence-electron chi connectivity index (χ4n) is 2.05. The summed E-state index contributed by atoms with van der Waals surface area (Å²) in [6, 6.07) is 7.66. The smallest absolute Gasteiger partial charge is 0.227 e. The van der Waals surface area contributed by atoms with E-state index in [1.807, 2.05) is 37.3 Å². The second-order valence-corrected chi connectivity index (χ2v) is 4.13. The first kappa shape index (κ1) is 11.7. The van der Waals surface area contributed by atoms with Crippen molar-refractivity contribution in [2.24, 2.45) is 5.92 Å². The molecule has 1 saturated heterocycles. The third-order valence-corrected chi connectivity index (χ3v) is 2.93. The maximum absolute atomic E-state index is 11.9. The van der Waals surface area contributed by atoms with Gasteiger partial charge in [-0.3, -0.25) is 4.79 Å². The van der Waals surface area contributed by atoms with Crippen molar-refractivity contribution in [3.8, 4) is 5.75 Å². The number of benzene rings is 1. The van der Waals surface area contributed by atoms with Crippen molar-refractivity contribution in [2.75, 3.05) is 18.1 Å². The molecule has 1 aromatic carbocycles. The van der Waals surface area contributed by atoms with Crippen LogP contribution in [0.1, 0.15) is 13.3 Å². The number of ether oxygens (including phenoxy) is 1. The molecule has 17 heavy (non-hydrogen) atoms. The summed E-state index contributed by atoms with van der Waals surface area (Å²) in [6.07, 6.45) is 2.41. The molecule has 0 N–H and O–H groups in total. The highest BCUT2D eigenvalue weighted by molar-refractivity contribution is 5.96. The Bertz CT molecular complexity index is 428. The van der Waals surface area contributed by atoms with E-state index in [2.05, 4.69) is 6.58 Å². The summed E-state index contributed by atoms with van der Waals surface area (Å²) in [6.45, 7) is 7.05. The van der Waals surface area contributed by atoms with Crippen molar-refractivity contribution < 1.29 is 9.53 Å². The molecule has 0 radical (unpaired) electrons. The van der Waals surface area contributed by atoms with Crippen molar-refractivity contribution in [1.29, 1.82) is 0 Å². The van der Waals surface area contributed by atoms with Gasteiger partial charge in [-0.15, -0.1) is 6.58 Å². The first-order chi connectivity index (χ1) is 8.24. The van der Waals surface area contributed by atoms with Crippen LogP contribution in [-0.4, -0.2) is 19.1 Å². The average Bonchev–Trinajstić information content (AvgIpc) is 2.71. The minimum atomic E-state index is 0.156. The van der Waals surface area contributed by atoms with Gasteiger partial charge in [-0.05, 0) is 19.1 Å². The number of carbonyl (C=O) groups is 1. The highest BCUT2D eigenvalue weighted by atomic mass is 16.5. The fraction of sp³-hybridized carbons (Fsp3) is 0.357. The van der Waals surface area contributed by atoms with E-state index in [0.717, 1.165) is 18.0 Å². The van der Waals surface area contributed by atoms with Crippen LogP contribution in [0.5, 0.6) is 5.75 Å². The third-order valence-electron chi connectivity index (χ3n) is 2.93. The Kier molecular flexibility index (Phi) is 3.47. The molecule has 1 atom stereocenters. The maximum Gasteiger partial charge on any atom is 0.227 e. The Balaban J connectivity index is 2.19. The van der Waals surface area contributed by atoms with E-state index in [-0.39, 0.29) is 11.8 Å². The lowest BCUT2D eigenvalue weighted by Gasteiger charge is -2.17. The van der Waals surface area contributed by atoms with E-state index in [1.165, 1.54) is 0 Å².